The van der Waals surface area contributed by atoms with Crippen molar-refractivity contribution in [1.82, 2.24) is 27.0 Å². The molecular weight excluding hydrogens is 1040 g/mol. The van der Waals surface area contributed by atoms with E-state index in [0.29, 0.717) is 78.0 Å². The highest BCUT2D eigenvalue weighted by molar-refractivity contribution is 7.90. The molecule has 20 heteroatoms. The first-order valence-corrected chi connectivity index (χ1v) is 31.9. The van der Waals surface area contributed by atoms with Gasteiger partial charge in [-0.3, -0.25) is 9.80 Å². The van der Waals surface area contributed by atoms with Crippen molar-refractivity contribution in [2.24, 2.45) is 0 Å². The first-order valence-electron chi connectivity index (χ1n) is 26.2. The molecule has 418 valence electrons. The third kappa shape index (κ3) is 17.8. The molecular formula is C56H80N6O10S4. The van der Waals surface area contributed by atoms with Gasteiger partial charge in [0.1, 0.15) is 0 Å². The second kappa shape index (κ2) is 29.5. The molecule has 0 saturated carbocycles. The van der Waals surface area contributed by atoms with E-state index < -0.39 is 40.1 Å². The summed E-state index contributed by atoms with van der Waals surface area (Å²) in [4.78, 5) is 5.16. The van der Waals surface area contributed by atoms with Gasteiger partial charge in [0, 0.05) is 65.4 Å². The SMILES string of the molecule is CCN(CCCN(CCCN(CCO)S(=O)(=O)c1ccc(C)cc1)Cc1ccc(CN(CCCN(CC)S(=O)(=O)c2ccc(C)cc2)CCCN(CCO)S(=O)(=O)c2ccc(C)cc2)cc1)S(=O)(=O)c1ccc(C)cc1. The molecule has 0 spiro atoms. The fourth-order valence-corrected chi connectivity index (χ4v) is 14.9. The third-order valence-corrected chi connectivity index (χ3v) is 21.2. The molecule has 0 aromatic heterocycles. The third-order valence-electron chi connectivity index (χ3n) is 13.4. The van der Waals surface area contributed by atoms with E-state index in [-0.39, 0.29) is 72.1 Å². The normalized spacial score (nSPS) is 12.8. The minimum Gasteiger partial charge on any atom is -0.395 e. The molecule has 0 bridgehead atoms. The van der Waals surface area contributed by atoms with E-state index in [1.165, 1.54) is 17.2 Å². The van der Waals surface area contributed by atoms with Crippen LogP contribution < -0.4 is 0 Å². The lowest BCUT2D eigenvalue weighted by Gasteiger charge is -2.27. The average Bonchev–Trinajstić information content (AvgIpc) is 3.39. The molecule has 76 heavy (non-hydrogen) atoms. The summed E-state index contributed by atoms with van der Waals surface area (Å²) in [5.41, 5.74) is 5.74. The van der Waals surface area contributed by atoms with Crippen LogP contribution in [0.2, 0.25) is 0 Å². The summed E-state index contributed by atoms with van der Waals surface area (Å²) in [6, 6.07) is 35.0. The van der Waals surface area contributed by atoms with E-state index in [9.17, 15) is 43.9 Å². The molecule has 0 unspecified atom stereocenters. The van der Waals surface area contributed by atoms with Crippen molar-refractivity contribution >= 4 is 40.1 Å². The predicted molar refractivity (Wildman–Crippen MR) is 301 cm³/mol. The van der Waals surface area contributed by atoms with Crippen LogP contribution in [-0.4, -0.2) is 163 Å². The van der Waals surface area contributed by atoms with Crippen molar-refractivity contribution in [3.05, 3.63) is 155 Å². The Labute approximate surface area is 454 Å². The number of sulfonamides is 4. The number of aryl methyl sites for hydroxylation is 4. The Hall–Kier alpha value is -4.42. The van der Waals surface area contributed by atoms with Gasteiger partial charge in [-0.2, -0.15) is 17.2 Å². The molecule has 0 saturated heterocycles. The van der Waals surface area contributed by atoms with Crippen LogP contribution in [0.25, 0.3) is 0 Å². The van der Waals surface area contributed by atoms with E-state index in [2.05, 4.69) is 9.80 Å². The second-order valence-corrected chi connectivity index (χ2v) is 27.0. The highest BCUT2D eigenvalue weighted by Crippen LogP contribution is 2.22. The van der Waals surface area contributed by atoms with E-state index in [4.69, 9.17) is 0 Å². The van der Waals surface area contributed by atoms with Crippen molar-refractivity contribution < 1.29 is 43.9 Å². The molecule has 0 amide bonds. The maximum absolute atomic E-state index is 13.7. The Morgan fingerprint density at radius 1 is 0.316 bits per heavy atom. The highest BCUT2D eigenvalue weighted by atomic mass is 32.2. The molecule has 0 heterocycles. The van der Waals surface area contributed by atoms with Crippen LogP contribution in [0.5, 0.6) is 0 Å². The van der Waals surface area contributed by atoms with Crippen LogP contribution in [0.4, 0.5) is 0 Å². The van der Waals surface area contributed by atoms with Crippen molar-refractivity contribution in [3.8, 4) is 0 Å². The van der Waals surface area contributed by atoms with Crippen LogP contribution in [0.15, 0.2) is 141 Å². The number of aliphatic hydroxyl groups is 2. The predicted octanol–water partition coefficient (Wildman–Crippen LogP) is 6.87. The molecule has 0 atom stereocenters. The monoisotopic (exact) mass is 1120 g/mol. The van der Waals surface area contributed by atoms with Gasteiger partial charge in [0.25, 0.3) is 0 Å². The van der Waals surface area contributed by atoms with E-state index in [0.717, 1.165) is 33.4 Å². The summed E-state index contributed by atoms with van der Waals surface area (Å²) >= 11 is 0. The van der Waals surface area contributed by atoms with Crippen molar-refractivity contribution in [2.45, 2.75) is 99.9 Å². The fourth-order valence-electron chi connectivity index (χ4n) is 8.95. The first kappa shape index (κ1) is 62.4. The largest absolute Gasteiger partial charge is 0.395 e. The van der Waals surface area contributed by atoms with Crippen molar-refractivity contribution in [1.29, 1.82) is 0 Å². The minimum atomic E-state index is -3.88. The summed E-state index contributed by atoms with van der Waals surface area (Å²) in [7, 11) is -15.2. The van der Waals surface area contributed by atoms with Gasteiger partial charge in [-0.15, -0.1) is 0 Å². The Morgan fingerprint density at radius 2 is 0.539 bits per heavy atom. The molecule has 0 aliphatic rings. The van der Waals surface area contributed by atoms with Crippen LogP contribution in [-0.2, 0) is 53.2 Å². The topological polar surface area (TPSA) is 196 Å². The van der Waals surface area contributed by atoms with Crippen LogP contribution >= 0.6 is 0 Å². The van der Waals surface area contributed by atoms with Gasteiger partial charge in [0.15, 0.2) is 0 Å². The minimum absolute atomic E-state index is 0.0617. The molecule has 5 aromatic carbocycles. The highest BCUT2D eigenvalue weighted by Gasteiger charge is 2.28. The van der Waals surface area contributed by atoms with Crippen LogP contribution in [0.3, 0.4) is 0 Å². The Balaban J connectivity index is 1.33. The fraction of sp³-hybridized carbons (Fsp3) is 0.464. The van der Waals surface area contributed by atoms with E-state index in [1.807, 2.05) is 65.8 Å². The summed E-state index contributed by atoms with van der Waals surface area (Å²) in [5, 5.41) is 19.8. The Morgan fingerprint density at radius 3 is 0.763 bits per heavy atom. The van der Waals surface area contributed by atoms with Gasteiger partial charge < -0.3 is 10.2 Å². The zero-order valence-electron chi connectivity index (χ0n) is 45.2. The van der Waals surface area contributed by atoms with E-state index >= 15 is 0 Å². The quantitative estimate of drug-likeness (QED) is 0.0435. The summed E-state index contributed by atoms with van der Waals surface area (Å²) in [5.74, 6) is 0. The molecule has 0 fully saturated rings. The lowest BCUT2D eigenvalue weighted by atomic mass is 10.1. The molecule has 0 aliphatic carbocycles. The Bertz CT molecular complexity index is 2800. The van der Waals surface area contributed by atoms with Gasteiger partial charge in [0.2, 0.25) is 40.1 Å². The van der Waals surface area contributed by atoms with Gasteiger partial charge in [0.05, 0.1) is 32.8 Å². The van der Waals surface area contributed by atoms with Crippen LogP contribution in [0.1, 0.15) is 72.9 Å². The summed E-state index contributed by atoms with van der Waals surface area (Å²) in [6.45, 7) is 14.8. The Kier molecular flexibility index (Phi) is 24.3. The molecule has 5 aromatic rings. The van der Waals surface area contributed by atoms with E-state index in [1.54, 1.807) is 97.1 Å². The molecule has 2 N–H and O–H groups in total. The lowest BCUT2D eigenvalue weighted by Crippen LogP contribution is -2.37. The number of rotatable bonds is 34. The number of benzene rings is 5. The second-order valence-electron chi connectivity index (χ2n) is 19.3. The van der Waals surface area contributed by atoms with Gasteiger partial charge in [-0.05, 0) is 139 Å². The maximum Gasteiger partial charge on any atom is 0.243 e. The number of hydrogen-bond donors (Lipinski definition) is 2. The average molecular weight is 1130 g/mol. The van der Waals surface area contributed by atoms with Gasteiger partial charge in [-0.1, -0.05) is 109 Å². The summed E-state index contributed by atoms with van der Waals surface area (Å²) in [6.07, 6.45) is 1.91. The van der Waals surface area contributed by atoms with Gasteiger partial charge >= 0.3 is 0 Å². The number of hydrogen-bond acceptors (Lipinski definition) is 12. The molecule has 0 aliphatic heterocycles. The smallest absolute Gasteiger partial charge is 0.243 e. The standard InChI is InChI=1S/C56H80N6O10S4/c1-7-59(73(65,66)53-25-13-47(3)14-26-53)37-9-33-57(35-11-39-61(41-43-63)75(69,70)55-29-17-49(5)18-30-55)45-51-21-23-52(24-22-51)46-58(34-10-38-60(8-2)74(67,68)54-27-15-48(4)16-28-54)36-12-40-62(42-44-64)76(71,72)56-31-19-50(6)20-32-56/h13-32,63-64H,7-12,33-46H2,1-6H3. The lowest BCUT2D eigenvalue weighted by molar-refractivity contribution is 0.224. The van der Waals surface area contributed by atoms with Crippen LogP contribution in [0, 0.1) is 27.7 Å². The first-order chi connectivity index (χ1) is 36.1. The molecule has 0 radical (unpaired) electrons. The molecule has 16 nitrogen and oxygen atoms in total. The van der Waals surface area contributed by atoms with Crippen molar-refractivity contribution in [3.63, 3.8) is 0 Å². The zero-order chi connectivity index (χ0) is 55.5. The molecule has 5 rings (SSSR count). The van der Waals surface area contributed by atoms with Gasteiger partial charge in [-0.25, -0.2) is 33.7 Å². The maximum atomic E-state index is 13.7. The number of aliphatic hydroxyl groups excluding tert-OH is 2. The van der Waals surface area contributed by atoms with Crippen molar-refractivity contribution in [2.75, 3.05) is 91.8 Å². The summed E-state index contributed by atoms with van der Waals surface area (Å²) < 4.78 is 115. The zero-order valence-corrected chi connectivity index (χ0v) is 48.4. The number of nitrogens with zero attached hydrogens (tertiary/aromatic N) is 6.